The number of rotatable bonds is 0. The van der Waals surface area contributed by atoms with Crippen LogP contribution in [-0.4, -0.2) is 23.3 Å². The minimum absolute atomic E-state index is 0.234. The number of aromatic amines is 1. The van der Waals surface area contributed by atoms with Gasteiger partial charge in [0.2, 0.25) is 0 Å². The molecule has 0 amide bonds. The molecule has 58 valence electrons. The number of nitrogens with one attached hydrogen (secondary N) is 2. The first-order valence-electron chi connectivity index (χ1n) is 3.32. The molecular formula is C6H7N3O2. The van der Waals surface area contributed by atoms with Crippen LogP contribution in [0, 0.1) is 0 Å². The van der Waals surface area contributed by atoms with Crippen LogP contribution in [0.5, 0.6) is 5.75 Å². The lowest BCUT2D eigenvalue weighted by Crippen LogP contribution is -2.25. The Hall–Kier alpha value is -1.52. The molecule has 0 spiro atoms. The monoisotopic (exact) mass is 153 g/mol. The number of hydrogen-bond donors (Lipinski definition) is 2. The molecule has 0 aromatic carbocycles. The molecule has 0 saturated heterocycles. The summed E-state index contributed by atoms with van der Waals surface area (Å²) in [5.41, 5.74) is 0.244. The predicted octanol–water partition coefficient (Wildman–Crippen LogP) is -0.426. The highest BCUT2D eigenvalue weighted by molar-refractivity contribution is 5.54. The van der Waals surface area contributed by atoms with Crippen molar-refractivity contribution in [3.63, 3.8) is 0 Å². The molecule has 0 saturated carbocycles. The Balaban J connectivity index is 2.58. The van der Waals surface area contributed by atoms with E-state index >= 15 is 0 Å². The highest BCUT2D eigenvalue weighted by atomic mass is 16.5. The standard InChI is InChI=1S/C6H7N3O2/c10-6-5-4(3-8-9-6)11-2-1-7-5/h3,7H,1-2H2,(H,9,10). The first kappa shape index (κ1) is 6.21. The number of fused-ring (bicyclic) bond motifs is 1. The predicted molar refractivity (Wildman–Crippen MR) is 38.8 cm³/mol. The van der Waals surface area contributed by atoms with Gasteiger partial charge in [0.15, 0.2) is 5.75 Å². The van der Waals surface area contributed by atoms with Crippen LogP contribution >= 0.6 is 0 Å². The Kier molecular flexibility index (Phi) is 1.28. The van der Waals surface area contributed by atoms with Crippen LogP contribution in [0.3, 0.4) is 0 Å². The molecule has 2 rings (SSSR count). The number of nitrogens with zero attached hydrogens (tertiary/aromatic N) is 1. The van der Waals surface area contributed by atoms with Crippen molar-refractivity contribution in [1.29, 1.82) is 0 Å². The third-order valence-electron chi connectivity index (χ3n) is 1.48. The minimum Gasteiger partial charge on any atom is -0.488 e. The summed E-state index contributed by atoms with van der Waals surface area (Å²) in [5, 5.41) is 8.83. The average Bonchev–Trinajstić information content (AvgIpc) is 2.06. The molecule has 1 aliphatic rings. The minimum atomic E-state index is -0.234. The highest BCUT2D eigenvalue weighted by Crippen LogP contribution is 2.19. The normalized spacial score (nSPS) is 14.5. The summed E-state index contributed by atoms with van der Waals surface area (Å²) in [6, 6.07) is 0. The molecule has 2 N–H and O–H groups in total. The van der Waals surface area contributed by atoms with Gasteiger partial charge in [-0.1, -0.05) is 0 Å². The Labute approximate surface area is 62.4 Å². The molecule has 0 unspecified atom stereocenters. The highest BCUT2D eigenvalue weighted by Gasteiger charge is 2.12. The van der Waals surface area contributed by atoms with Gasteiger partial charge in [-0.15, -0.1) is 0 Å². The maximum Gasteiger partial charge on any atom is 0.291 e. The largest absolute Gasteiger partial charge is 0.488 e. The molecule has 2 heterocycles. The van der Waals surface area contributed by atoms with Crippen LogP contribution in [0.1, 0.15) is 0 Å². The second kappa shape index (κ2) is 2.26. The van der Waals surface area contributed by atoms with E-state index in [1.165, 1.54) is 6.20 Å². The summed E-state index contributed by atoms with van der Waals surface area (Å²) in [6.07, 6.45) is 1.49. The lowest BCUT2D eigenvalue weighted by Gasteiger charge is -2.16. The summed E-state index contributed by atoms with van der Waals surface area (Å²) in [5.74, 6) is 0.528. The molecule has 0 radical (unpaired) electrons. The van der Waals surface area contributed by atoms with Crippen LogP contribution in [0.2, 0.25) is 0 Å². The third-order valence-corrected chi connectivity index (χ3v) is 1.48. The molecule has 1 aliphatic heterocycles. The fourth-order valence-corrected chi connectivity index (χ4v) is 0.996. The number of ether oxygens (including phenoxy) is 1. The topological polar surface area (TPSA) is 67.0 Å². The van der Waals surface area contributed by atoms with E-state index in [0.717, 1.165) is 0 Å². The summed E-state index contributed by atoms with van der Waals surface area (Å²) in [6.45, 7) is 1.25. The number of aromatic nitrogens is 2. The van der Waals surface area contributed by atoms with Crippen molar-refractivity contribution in [3.05, 3.63) is 16.6 Å². The van der Waals surface area contributed by atoms with Crippen molar-refractivity contribution in [2.75, 3.05) is 18.5 Å². The maximum absolute atomic E-state index is 11.0. The van der Waals surface area contributed by atoms with E-state index in [-0.39, 0.29) is 5.56 Å². The van der Waals surface area contributed by atoms with Crippen molar-refractivity contribution in [2.45, 2.75) is 0 Å². The second-order valence-electron chi connectivity index (χ2n) is 2.21. The Bertz CT molecular complexity index is 320. The van der Waals surface area contributed by atoms with E-state index in [4.69, 9.17) is 4.74 Å². The van der Waals surface area contributed by atoms with Crippen LogP contribution < -0.4 is 15.6 Å². The van der Waals surface area contributed by atoms with Crippen LogP contribution in [-0.2, 0) is 0 Å². The Morgan fingerprint density at radius 2 is 2.55 bits per heavy atom. The lowest BCUT2D eigenvalue weighted by atomic mass is 10.4. The molecule has 1 aromatic heterocycles. The molecule has 5 heteroatoms. The molecule has 0 atom stereocenters. The van der Waals surface area contributed by atoms with Crippen LogP contribution in [0.4, 0.5) is 5.69 Å². The molecule has 5 nitrogen and oxygen atoms in total. The maximum atomic E-state index is 11.0. The molecule has 0 bridgehead atoms. The zero-order valence-corrected chi connectivity index (χ0v) is 5.76. The van der Waals surface area contributed by atoms with E-state index < -0.39 is 0 Å². The van der Waals surface area contributed by atoms with Crippen molar-refractivity contribution in [2.24, 2.45) is 0 Å². The summed E-state index contributed by atoms with van der Waals surface area (Å²) < 4.78 is 5.16. The summed E-state index contributed by atoms with van der Waals surface area (Å²) >= 11 is 0. The van der Waals surface area contributed by atoms with Gasteiger partial charge in [0.05, 0.1) is 6.20 Å². The van der Waals surface area contributed by atoms with E-state index in [1.54, 1.807) is 0 Å². The summed E-state index contributed by atoms with van der Waals surface area (Å²) in [7, 11) is 0. The van der Waals surface area contributed by atoms with Crippen molar-refractivity contribution in [3.8, 4) is 5.75 Å². The van der Waals surface area contributed by atoms with Crippen molar-refractivity contribution in [1.82, 2.24) is 10.2 Å². The SMILES string of the molecule is O=c1[nH]ncc2c1NCCO2. The Morgan fingerprint density at radius 3 is 3.36 bits per heavy atom. The fourth-order valence-electron chi connectivity index (χ4n) is 0.996. The zero-order chi connectivity index (χ0) is 7.68. The van der Waals surface area contributed by atoms with Gasteiger partial charge in [-0.25, -0.2) is 5.10 Å². The molecule has 11 heavy (non-hydrogen) atoms. The van der Waals surface area contributed by atoms with Crippen LogP contribution in [0.15, 0.2) is 11.0 Å². The van der Waals surface area contributed by atoms with Crippen molar-refractivity contribution < 1.29 is 4.74 Å². The third kappa shape index (κ3) is 0.938. The molecule has 0 aliphatic carbocycles. The van der Waals surface area contributed by atoms with Gasteiger partial charge in [0, 0.05) is 6.54 Å². The summed E-state index contributed by atoms with van der Waals surface area (Å²) in [4.78, 5) is 11.0. The average molecular weight is 153 g/mol. The Morgan fingerprint density at radius 1 is 1.64 bits per heavy atom. The van der Waals surface area contributed by atoms with Gasteiger partial charge in [-0.05, 0) is 0 Å². The van der Waals surface area contributed by atoms with Crippen molar-refractivity contribution >= 4 is 5.69 Å². The van der Waals surface area contributed by atoms with E-state index in [0.29, 0.717) is 24.6 Å². The van der Waals surface area contributed by atoms with Gasteiger partial charge in [-0.3, -0.25) is 4.79 Å². The van der Waals surface area contributed by atoms with E-state index in [1.807, 2.05) is 0 Å². The molecular weight excluding hydrogens is 146 g/mol. The second-order valence-corrected chi connectivity index (χ2v) is 2.21. The van der Waals surface area contributed by atoms with Gasteiger partial charge >= 0.3 is 0 Å². The van der Waals surface area contributed by atoms with Gasteiger partial charge in [0.1, 0.15) is 12.3 Å². The fraction of sp³-hybridized carbons (Fsp3) is 0.333. The first-order chi connectivity index (χ1) is 5.38. The number of hydrogen-bond acceptors (Lipinski definition) is 4. The molecule has 0 fully saturated rings. The number of anilines is 1. The lowest BCUT2D eigenvalue weighted by molar-refractivity contribution is 0.320. The van der Waals surface area contributed by atoms with Gasteiger partial charge in [0.25, 0.3) is 5.56 Å². The first-order valence-corrected chi connectivity index (χ1v) is 3.32. The smallest absolute Gasteiger partial charge is 0.291 e. The molecule has 1 aromatic rings. The number of H-pyrrole nitrogens is 1. The van der Waals surface area contributed by atoms with E-state index in [9.17, 15) is 4.79 Å². The van der Waals surface area contributed by atoms with Gasteiger partial charge in [-0.2, -0.15) is 5.10 Å². The zero-order valence-electron chi connectivity index (χ0n) is 5.76. The van der Waals surface area contributed by atoms with E-state index in [2.05, 4.69) is 15.5 Å². The quantitative estimate of drug-likeness (QED) is 0.531. The van der Waals surface area contributed by atoms with Crippen LogP contribution in [0.25, 0.3) is 0 Å². The van der Waals surface area contributed by atoms with Gasteiger partial charge < -0.3 is 10.1 Å².